The van der Waals surface area contributed by atoms with E-state index >= 15 is 0 Å². The number of carbonyl (C=O) groups excluding carboxylic acids is 1. The molecule has 1 amide bonds. The normalized spacial score (nSPS) is 16.7. The summed E-state index contributed by atoms with van der Waals surface area (Å²) in [6.45, 7) is 0.888. The first-order valence-electron chi connectivity index (χ1n) is 3.69. The molecule has 0 spiro atoms. The van der Waals surface area contributed by atoms with Gasteiger partial charge in [0.15, 0.2) is 0 Å². The van der Waals surface area contributed by atoms with Crippen LogP contribution < -0.4 is 5.32 Å². The Morgan fingerprint density at radius 3 is 1.67 bits per heavy atom. The molecule has 15 heavy (non-hydrogen) atoms. The summed E-state index contributed by atoms with van der Waals surface area (Å²) in [5, 5.41) is 2.68. The molecule has 1 saturated heterocycles. The molecule has 0 aliphatic carbocycles. The molecule has 0 radical (unpaired) electrons. The average molecular weight is 263 g/mol. The molecule has 1 aliphatic rings. The standard InChI is InChI=1S/C4H7NO.H4O7P2/c6-4-2-1-3-5-4;1-8(2,3)7-9(4,5)6/h1-3H2,(H,5,6);(H2,1,2,3)(H2,4,5,6). The Labute approximate surface area is 84.9 Å². The van der Waals surface area contributed by atoms with E-state index in [4.69, 9.17) is 19.6 Å². The van der Waals surface area contributed by atoms with E-state index in [9.17, 15) is 13.9 Å². The molecule has 0 aromatic carbocycles. The van der Waals surface area contributed by atoms with Crippen LogP contribution >= 0.6 is 15.6 Å². The molecule has 11 heteroatoms. The number of rotatable bonds is 2. The van der Waals surface area contributed by atoms with E-state index in [-0.39, 0.29) is 5.91 Å². The van der Waals surface area contributed by atoms with Crippen molar-refractivity contribution in [3.05, 3.63) is 0 Å². The van der Waals surface area contributed by atoms with Gasteiger partial charge in [-0.05, 0) is 6.42 Å². The molecular weight excluding hydrogens is 252 g/mol. The van der Waals surface area contributed by atoms with E-state index in [2.05, 4.69) is 9.63 Å². The van der Waals surface area contributed by atoms with Crippen molar-refractivity contribution >= 4 is 21.6 Å². The lowest BCUT2D eigenvalue weighted by Gasteiger charge is -2.03. The SMILES string of the molecule is O=C1CCCN1.O=P(O)(O)OP(=O)(O)O. The van der Waals surface area contributed by atoms with Crippen LogP contribution in [0.1, 0.15) is 12.8 Å². The molecule has 0 aromatic heterocycles. The highest BCUT2D eigenvalue weighted by molar-refractivity contribution is 7.60. The molecule has 0 bridgehead atoms. The smallest absolute Gasteiger partial charge is 0.356 e. The van der Waals surface area contributed by atoms with Crippen molar-refractivity contribution < 1.29 is 37.8 Å². The van der Waals surface area contributed by atoms with Crippen molar-refractivity contribution in [3.63, 3.8) is 0 Å². The van der Waals surface area contributed by atoms with Gasteiger partial charge in [0.25, 0.3) is 0 Å². The number of hydrogen-bond donors (Lipinski definition) is 5. The Hall–Kier alpha value is -0.270. The Bertz CT molecular complexity index is 276. The minimum atomic E-state index is -5.05. The van der Waals surface area contributed by atoms with Gasteiger partial charge in [0.05, 0.1) is 0 Å². The van der Waals surface area contributed by atoms with E-state index in [0.717, 1.165) is 19.4 Å². The molecule has 5 N–H and O–H groups in total. The van der Waals surface area contributed by atoms with Crippen molar-refractivity contribution in [3.8, 4) is 0 Å². The number of nitrogens with one attached hydrogen (secondary N) is 1. The van der Waals surface area contributed by atoms with Crippen LogP contribution in [0.4, 0.5) is 0 Å². The first kappa shape index (κ1) is 14.7. The van der Waals surface area contributed by atoms with Gasteiger partial charge in [-0.1, -0.05) is 0 Å². The minimum absolute atomic E-state index is 0.204. The third-order valence-electron chi connectivity index (χ3n) is 1.12. The van der Waals surface area contributed by atoms with Crippen LogP contribution in [-0.4, -0.2) is 32.0 Å². The van der Waals surface area contributed by atoms with Crippen molar-refractivity contribution in [2.75, 3.05) is 6.54 Å². The van der Waals surface area contributed by atoms with E-state index in [1.807, 2.05) is 0 Å². The van der Waals surface area contributed by atoms with E-state index in [1.54, 1.807) is 0 Å². The maximum absolute atomic E-state index is 10.1. The lowest BCUT2D eigenvalue weighted by Crippen LogP contribution is -2.12. The summed E-state index contributed by atoms with van der Waals surface area (Å²) in [6.07, 6.45) is 1.76. The summed E-state index contributed by atoms with van der Waals surface area (Å²) in [5.74, 6) is 0.204. The first-order chi connectivity index (χ1) is 6.60. The third kappa shape index (κ3) is 11.7. The highest BCUT2D eigenvalue weighted by Crippen LogP contribution is 2.53. The maximum Gasteiger partial charge on any atom is 0.478 e. The molecule has 0 saturated carbocycles. The topological polar surface area (TPSA) is 153 Å². The average Bonchev–Trinajstić information content (AvgIpc) is 2.31. The number of hydrogen-bond acceptors (Lipinski definition) is 4. The highest BCUT2D eigenvalue weighted by atomic mass is 31.3. The van der Waals surface area contributed by atoms with Gasteiger partial charge < -0.3 is 24.9 Å². The Kier molecular flexibility index (Phi) is 5.61. The largest absolute Gasteiger partial charge is 0.478 e. The van der Waals surface area contributed by atoms with E-state index < -0.39 is 15.6 Å². The Balaban J connectivity index is 0.000000280. The number of carbonyl (C=O) groups is 1. The fourth-order valence-corrected chi connectivity index (χ4v) is 1.81. The second kappa shape index (κ2) is 5.72. The van der Waals surface area contributed by atoms with Crippen molar-refractivity contribution in [2.45, 2.75) is 12.8 Å². The summed E-state index contributed by atoms with van der Waals surface area (Å²) in [4.78, 5) is 41.1. The van der Waals surface area contributed by atoms with Crippen molar-refractivity contribution in [2.24, 2.45) is 0 Å². The highest BCUT2D eigenvalue weighted by Gasteiger charge is 2.27. The number of amides is 1. The molecule has 1 aliphatic heterocycles. The van der Waals surface area contributed by atoms with E-state index in [1.165, 1.54) is 0 Å². The minimum Gasteiger partial charge on any atom is -0.356 e. The van der Waals surface area contributed by atoms with Gasteiger partial charge in [-0.2, -0.15) is 4.31 Å². The fraction of sp³-hybridized carbons (Fsp3) is 0.750. The van der Waals surface area contributed by atoms with E-state index in [0.29, 0.717) is 0 Å². The Morgan fingerprint density at radius 2 is 1.60 bits per heavy atom. The van der Waals surface area contributed by atoms with Crippen molar-refractivity contribution in [1.29, 1.82) is 0 Å². The summed E-state index contributed by atoms with van der Waals surface area (Å²) in [6, 6.07) is 0. The molecule has 9 nitrogen and oxygen atoms in total. The molecule has 1 fully saturated rings. The molecular formula is C4H11NO8P2. The predicted octanol–water partition coefficient (Wildman–Crippen LogP) is -0.915. The molecule has 90 valence electrons. The van der Waals surface area contributed by atoms with Gasteiger partial charge >= 0.3 is 15.6 Å². The number of phosphoric acid groups is 2. The zero-order valence-electron chi connectivity index (χ0n) is 7.44. The second-order valence-electron chi connectivity index (χ2n) is 2.52. The maximum atomic E-state index is 10.1. The summed E-state index contributed by atoms with van der Waals surface area (Å²) in [7, 11) is -10.1. The summed E-state index contributed by atoms with van der Waals surface area (Å²) in [5.41, 5.74) is 0. The van der Waals surface area contributed by atoms with Crippen LogP contribution in [0.3, 0.4) is 0 Å². The monoisotopic (exact) mass is 263 g/mol. The van der Waals surface area contributed by atoms with Crippen LogP contribution in [0, 0.1) is 0 Å². The molecule has 1 rings (SSSR count). The van der Waals surface area contributed by atoms with Gasteiger partial charge in [0.2, 0.25) is 5.91 Å². The van der Waals surface area contributed by atoms with Gasteiger partial charge in [-0.3, -0.25) is 4.79 Å². The molecule has 0 unspecified atom stereocenters. The van der Waals surface area contributed by atoms with Crippen LogP contribution in [0.15, 0.2) is 0 Å². The molecule has 0 atom stereocenters. The van der Waals surface area contributed by atoms with Gasteiger partial charge in [0.1, 0.15) is 0 Å². The lowest BCUT2D eigenvalue weighted by molar-refractivity contribution is -0.119. The van der Waals surface area contributed by atoms with Crippen LogP contribution in [0.2, 0.25) is 0 Å². The lowest BCUT2D eigenvalue weighted by atomic mass is 10.4. The third-order valence-corrected chi connectivity index (χ3v) is 2.82. The van der Waals surface area contributed by atoms with Gasteiger partial charge in [-0.25, -0.2) is 9.13 Å². The van der Waals surface area contributed by atoms with Crippen molar-refractivity contribution in [1.82, 2.24) is 5.32 Å². The molecule has 0 aromatic rings. The zero-order chi connectivity index (χ0) is 12.1. The molecule has 1 heterocycles. The fourth-order valence-electron chi connectivity index (χ4n) is 0.704. The summed E-state index contributed by atoms with van der Waals surface area (Å²) >= 11 is 0. The van der Waals surface area contributed by atoms with Crippen LogP contribution in [-0.2, 0) is 18.2 Å². The van der Waals surface area contributed by atoms with Gasteiger partial charge in [-0.15, -0.1) is 0 Å². The quantitative estimate of drug-likeness (QED) is 0.401. The predicted molar refractivity (Wildman–Crippen MR) is 47.4 cm³/mol. The van der Waals surface area contributed by atoms with Crippen LogP contribution in [0.5, 0.6) is 0 Å². The Morgan fingerprint density at radius 1 is 1.13 bits per heavy atom. The first-order valence-corrected chi connectivity index (χ1v) is 6.75. The second-order valence-corrected chi connectivity index (χ2v) is 5.13. The van der Waals surface area contributed by atoms with Crippen LogP contribution in [0.25, 0.3) is 0 Å². The summed E-state index contributed by atoms with van der Waals surface area (Å²) < 4.78 is 22.2. The zero-order valence-corrected chi connectivity index (χ0v) is 9.23. The van der Waals surface area contributed by atoms with Gasteiger partial charge in [0, 0.05) is 13.0 Å².